The maximum atomic E-state index is 12.1. The van der Waals surface area contributed by atoms with Crippen molar-refractivity contribution >= 4 is 11.6 Å². The van der Waals surface area contributed by atoms with E-state index < -0.39 is 6.36 Å². The minimum atomic E-state index is -4.73. The fourth-order valence-corrected chi connectivity index (χ4v) is 2.02. The quantitative estimate of drug-likeness (QED) is 0.735. The van der Waals surface area contributed by atoms with Crippen molar-refractivity contribution < 1.29 is 27.4 Å². The van der Waals surface area contributed by atoms with Crippen molar-refractivity contribution in [2.45, 2.75) is 26.1 Å². The molecule has 0 saturated heterocycles. The van der Waals surface area contributed by atoms with Crippen LogP contribution >= 0.6 is 0 Å². The first-order valence-electron chi connectivity index (χ1n) is 7.67. The van der Waals surface area contributed by atoms with Gasteiger partial charge in [-0.25, -0.2) is 0 Å². The maximum Gasteiger partial charge on any atom is 0.573 e. The van der Waals surface area contributed by atoms with Crippen LogP contribution in [0.1, 0.15) is 18.4 Å². The molecule has 2 aromatic carbocycles. The van der Waals surface area contributed by atoms with Gasteiger partial charge in [-0.1, -0.05) is 17.7 Å². The van der Waals surface area contributed by atoms with Crippen LogP contribution in [0.25, 0.3) is 0 Å². The molecule has 2 aromatic rings. The third-order valence-electron chi connectivity index (χ3n) is 3.21. The molecule has 134 valence electrons. The van der Waals surface area contributed by atoms with Gasteiger partial charge in [0.25, 0.3) is 0 Å². The third-order valence-corrected chi connectivity index (χ3v) is 3.21. The predicted octanol–water partition coefficient (Wildman–Crippen LogP) is 4.69. The van der Waals surface area contributed by atoms with Crippen LogP contribution in [0.4, 0.5) is 18.9 Å². The lowest BCUT2D eigenvalue weighted by Gasteiger charge is -2.10. The largest absolute Gasteiger partial charge is 0.573 e. The Bertz CT molecular complexity index is 682. The number of rotatable bonds is 7. The highest BCUT2D eigenvalue weighted by molar-refractivity contribution is 5.90. The number of hydrogen-bond donors (Lipinski definition) is 1. The summed E-state index contributed by atoms with van der Waals surface area (Å²) in [7, 11) is 0. The van der Waals surface area contributed by atoms with Crippen LogP contribution < -0.4 is 14.8 Å². The third kappa shape index (κ3) is 7.15. The molecule has 0 aliphatic heterocycles. The number of amides is 1. The number of carbonyl (C=O) groups excluding carboxylic acids is 1. The van der Waals surface area contributed by atoms with Crippen LogP contribution in [0.15, 0.2) is 48.5 Å². The Labute approximate surface area is 143 Å². The number of anilines is 1. The summed E-state index contributed by atoms with van der Waals surface area (Å²) in [5.41, 5.74) is 1.54. The fourth-order valence-electron chi connectivity index (χ4n) is 2.02. The van der Waals surface area contributed by atoms with Gasteiger partial charge in [-0.3, -0.25) is 4.79 Å². The molecule has 0 aliphatic rings. The van der Waals surface area contributed by atoms with E-state index in [0.29, 0.717) is 18.7 Å². The van der Waals surface area contributed by atoms with Crippen molar-refractivity contribution in [2.75, 3.05) is 11.9 Å². The lowest BCUT2D eigenvalue weighted by atomic mass is 10.2. The Morgan fingerprint density at radius 3 is 2.20 bits per heavy atom. The van der Waals surface area contributed by atoms with Crippen LogP contribution in [-0.2, 0) is 4.79 Å². The highest BCUT2D eigenvalue weighted by Gasteiger charge is 2.30. The molecule has 0 heterocycles. The number of benzene rings is 2. The summed E-state index contributed by atoms with van der Waals surface area (Å²) in [4.78, 5) is 11.8. The number of carbonyl (C=O) groups is 1. The normalized spacial score (nSPS) is 11.0. The van der Waals surface area contributed by atoms with E-state index in [1.165, 1.54) is 12.1 Å². The van der Waals surface area contributed by atoms with E-state index in [1.807, 2.05) is 31.2 Å². The van der Waals surface area contributed by atoms with Crippen LogP contribution in [0.3, 0.4) is 0 Å². The molecule has 4 nitrogen and oxygen atoms in total. The summed E-state index contributed by atoms with van der Waals surface area (Å²) in [6.07, 6.45) is -3.97. The van der Waals surface area contributed by atoms with Crippen molar-refractivity contribution in [1.82, 2.24) is 0 Å². The van der Waals surface area contributed by atoms with E-state index in [2.05, 4.69) is 10.1 Å². The van der Waals surface area contributed by atoms with Gasteiger partial charge in [-0.05, 0) is 49.7 Å². The molecule has 0 bridgehead atoms. The van der Waals surface area contributed by atoms with Gasteiger partial charge in [0, 0.05) is 12.1 Å². The van der Waals surface area contributed by atoms with Crippen molar-refractivity contribution in [3.05, 3.63) is 54.1 Å². The molecular formula is C18H18F3NO3. The molecular weight excluding hydrogens is 335 g/mol. The first-order chi connectivity index (χ1) is 11.8. The molecule has 0 spiro atoms. The van der Waals surface area contributed by atoms with Gasteiger partial charge in [-0.2, -0.15) is 0 Å². The second-order valence-electron chi connectivity index (χ2n) is 5.39. The zero-order valence-corrected chi connectivity index (χ0v) is 13.6. The zero-order valence-electron chi connectivity index (χ0n) is 13.6. The maximum absolute atomic E-state index is 12.1. The molecule has 2 rings (SSSR count). The number of halogens is 3. The van der Waals surface area contributed by atoms with Crippen molar-refractivity contribution in [2.24, 2.45) is 0 Å². The SMILES string of the molecule is Cc1ccc(OCCCC(=O)Nc2ccc(OC(F)(F)F)cc2)cc1. The van der Waals surface area contributed by atoms with E-state index in [4.69, 9.17) is 4.74 Å². The highest BCUT2D eigenvalue weighted by Crippen LogP contribution is 2.24. The molecule has 25 heavy (non-hydrogen) atoms. The number of nitrogens with one attached hydrogen (secondary N) is 1. The molecule has 0 fully saturated rings. The fraction of sp³-hybridized carbons (Fsp3) is 0.278. The van der Waals surface area contributed by atoms with E-state index in [-0.39, 0.29) is 18.1 Å². The molecule has 0 radical (unpaired) electrons. The number of ether oxygens (including phenoxy) is 2. The molecule has 0 saturated carbocycles. The Balaban J connectivity index is 1.70. The second-order valence-corrected chi connectivity index (χ2v) is 5.39. The molecule has 1 N–H and O–H groups in total. The molecule has 1 amide bonds. The van der Waals surface area contributed by atoms with Gasteiger partial charge in [0.15, 0.2) is 0 Å². The monoisotopic (exact) mass is 353 g/mol. The summed E-state index contributed by atoms with van der Waals surface area (Å²) >= 11 is 0. The van der Waals surface area contributed by atoms with Crippen molar-refractivity contribution in [3.63, 3.8) is 0 Å². The van der Waals surface area contributed by atoms with E-state index in [9.17, 15) is 18.0 Å². The van der Waals surface area contributed by atoms with Gasteiger partial charge in [0.1, 0.15) is 11.5 Å². The van der Waals surface area contributed by atoms with Crippen molar-refractivity contribution in [1.29, 1.82) is 0 Å². The minimum absolute atomic E-state index is 0.239. The first kappa shape index (κ1) is 18.6. The summed E-state index contributed by atoms with van der Waals surface area (Å²) in [5.74, 6) is 0.167. The average Bonchev–Trinajstić information content (AvgIpc) is 2.54. The summed E-state index contributed by atoms with van der Waals surface area (Å²) in [6, 6.07) is 12.6. The number of hydrogen-bond acceptors (Lipinski definition) is 3. The zero-order chi connectivity index (χ0) is 18.3. The predicted molar refractivity (Wildman–Crippen MR) is 87.7 cm³/mol. The Morgan fingerprint density at radius 2 is 1.60 bits per heavy atom. The standard InChI is InChI=1S/C18H18F3NO3/c1-13-4-8-15(9-5-13)24-12-2-3-17(23)22-14-6-10-16(11-7-14)25-18(19,20)21/h4-11H,2-3,12H2,1H3,(H,22,23). The number of alkyl halides is 3. The first-order valence-corrected chi connectivity index (χ1v) is 7.67. The van der Waals surface area contributed by atoms with Gasteiger partial charge in [0.2, 0.25) is 5.91 Å². The van der Waals surface area contributed by atoms with Crippen LogP contribution in [0.2, 0.25) is 0 Å². The smallest absolute Gasteiger partial charge is 0.494 e. The summed E-state index contributed by atoms with van der Waals surface area (Å²) in [5, 5.41) is 2.61. The minimum Gasteiger partial charge on any atom is -0.494 e. The molecule has 0 unspecified atom stereocenters. The van der Waals surface area contributed by atoms with Gasteiger partial charge >= 0.3 is 6.36 Å². The highest BCUT2D eigenvalue weighted by atomic mass is 19.4. The van der Waals surface area contributed by atoms with E-state index in [1.54, 1.807) is 0 Å². The Kier molecular flexibility index (Phi) is 6.27. The van der Waals surface area contributed by atoms with Crippen LogP contribution in [0.5, 0.6) is 11.5 Å². The number of aryl methyl sites for hydroxylation is 1. The molecule has 7 heteroatoms. The van der Waals surface area contributed by atoms with Crippen LogP contribution in [0, 0.1) is 6.92 Å². The van der Waals surface area contributed by atoms with Crippen molar-refractivity contribution in [3.8, 4) is 11.5 Å². The van der Waals surface area contributed by atoms with Gasteiger partial charge in [0.05, 0.1) is 6.61 Å². The molecule has 0 aliphatic carbocycles. The lowest BCUT2D eigenvalue weighted by Crippen LogP contribution is -2.17. The molecule has 0 atom stereocenters. The Hall–Kier alpha value is -2.70. The lowest BCUT2D eigenvalue weighted by molar-refractivity contribution is -0.274. The molecule has 0 aromatic heterocycles. The van der Waals surface area contributed by atoms with Crippen LogP contribution in [-0.4, -0.2) is 18.9 Å². The summed E-state index contributed by atoms with van der Waals surface area (Å²) < 4.78 is 45.5. The van der Waals surface area contributed by atoms with Gasteiger partial charge < -0.3 is 14.8 Å². The van der Waals surface area contributed by atoms with E-state index >= 15 is 0 Å². The van der Waals surface area contributed by atoms with E-state index in [0.717, 1.165) is 23.4 Å². The topological polar surface area (TPSA) is 47.6 Å². The summed E-state index contributed by atoms with van der Waals surface area (Å²) in [6.45, 7) is 2.38. The second kappa shape index (κ2) is 8.41. The Morgan fingerprint density at radius 1 is 1.00 bits per heavy atom. The van der Waals surface area contributed by atoms with Gasteiger partial charge in [-0.15, -0.1) is 13.2 Å². The average molecular weight is 353 g/mol.